The number of aromatic nitrogens is 1. The molecule has 0 saturated carbocycles. The molecule has 0 aromatic carbocycles. The lowest BCUT2D eigenvalue weighted by molar-refractivity contribution is 0.619. The van der Waals surface area contributed by atoms with Crippen molar-refractivity contribution in [3.8, 4) is 0 Å². The third-order valence-electron chi connectivity index (χ3n) is 1.46. The molecule has 1 unspecified atom stereocenters. The van der Waals surface area contributed by atoms with Gasteiger partial charge in [0.25, 0.3) is 0 Å². The molecule has 0 saturated heterocycles. The molecule has 1 aromatic heterocycles. The fourth-order valence-corrected chi connectivity index (χ4v) is 1.68. The van der Waals surface area contributed by atoms with E-state index in [2.05, 4.69) is 20.9 Å². The van der Waals surface area contributed by atoms with Crippen molar-refractivity contribution in [2.45, 2.75) is 18.2 Å². The molecule has 0 bridgehead atoms. The molecule has 1 rings (SSSR count). The van der Waals surface area contributed by atoms with E-state index in [1.807, 2.05) is 6.92 Å². The summed E-state index contributed by atoms with van der Waals surface area (Å²) in [6, 6.07) is 1.31. The molecule has 1 nitrogen and oxygen atoms in total. The average molecular weight is 287 g/mol. The zero-order chi connectivity index (χ0) is 10.0. The van der Waals surface area contributed by atoms with Gasteiger partial charge in [-0.15, -0.1) is 0 Å². The second-order valence-electron chi connectivity index (χ2n) is 2.70. The van der Waals surface area contributed by atoms with Gasteiger partial charge in [0.15, 0.2) is 11.0 Å². The molecule has 0 amide bonds. The first-order chi connectivity index (χ1) is 6.00. The fraction of sp³-hybridized carbons (Fsp3) is 0.375. The molecule has 1 atom stereocenters. The van der Waals surface area contributed by atoms with E-state index in [9.17, 15) is 4.39 Å². The highest BCUT2D eigenvalue weighted by molar-refractivity contribution is 9.09. The van der Waals surface area contributed by atoms with Crippen LogP contribution in [0.25, 0.3) is 0 Å². The third-order valence-corrected chi connectivity index (χ3v) is 2.38. The predicted octanol–water partition coefficient (Wildman–Crippen LogP) is 3.85. The van der Waals surface area contributed by atoms with E-state index in [1.165, 1.54) is 6.07 Å². The van der Waals surface area contributed by atoms with Crippen LogP contribution in [0.5, 0.6) is 0 Å². The Balaban J connectivity index is 3.01. The second-order valence-corrected chi connectivity index (χ2v) is 4.98. The Hall–Kier alpha value is 0.140. The van der Waals surface area contributed by atoms with Crippen LogP contribution in [-0.2, 0) is 6.42 Å². The topological polar surface area (TPSA) is 12.9 Å². The van der Waals surface area contributed by atoms with E-state index in [0.29, 0.717) is 12.0 Å². The Morgan fingerprint density at radius 3 is 2.69 bits per heavy atom. The molecule has 72 valence electrons. The largest absolute Gasteiger partial charge is 0.221 e. The molecule has 0 N–H and O–H groups in total. The minimum atomic E-state index is -0.533. The normalized spacial score (nSPS) is 13.0. The maximum absolute atomic E-state index is 12.9. The highest BCUT2D eigenvalue weighted by Gasteiger charge is 2.10. The summed E-state index contributed by atoms with van der Waals surface area (Å²) >= 11 is 14.5. The molecule has 0 radical (unpaired) electrons. The SMILES string of the molecule is CC(Br)Cc1cc(F)c(Cl)nc1Cl. The summed E-state index contributed by atoms with van der Waals surface area (Å²) in [6.07, 6.45) is 0.625. The highest BCUT2D eigenvalue weighted by atomic mass is 79.9. The molecule has 1 heterocycles. The van der Waals surface area contributed by atoms with Crippen molar-refractivity contribution >= 4 is 39.1 Å². The zero-order valence-corrected chi connectivity index (χ0v) is 9.92. The molecule has 0 aliphatic rings. The molecular formula is C8H7BrCl2FN. The van der Waals surface area contributed by atoms with Gasteiger partial charge in [-0.1, -0.05) is 46.1 Å². The van der Waals surface area contributed by atoms with Gasteiger partial charge < -0.3 is 0 Å². The quantitative estimate of drug-likeness (QED) is 0.594. The summed E-state index contributed by atoms with van der Waals surface area (Å²) in [7, 11) is 0. The van der Waals surface area contributed by atoms with E-state index < -0.39 is 5.82 Å². The van der Waals surface area contributed by atoms with Gasteiger partial charge in [0.1, 0.15) is 5.15 Å². The minimum Gasteiger partial charge on any atom is -0.221 e. The van der Waals surface area contributed by atoms with Gasteiger partial charge in [-0.25, -0.2) is 9.37 Å². The van der Waals surface area contributed by atoms with Gasteiger partial charge in [0.05, 0.1) is 0 Å². The average Bonchev–Trinajstić information content (AvgIpc) is 1.99. The maximum atomic E-state index is 12.9. The number of hydrogen-bond donors (Lipinski definition) is 0. The fourth-order valence-electron chi connectivity index (χ4n) is 0.930. The van der Waals surface area contributed by atoms with E-state index in [-0.39, 0.29) is 15.1 Å². The van der Waals surface area contributed by atoms with Crippen LogP contribution in [0.1, 0.15) is 12.5 Å². The zero-order valence-electron chi connectivity index (χ0n) is 6.82. The number of alkyl halides is 1. The summed E-state index contributed by atoms with van der Waals surface area (Å²) in [5, 5.41) is 0.0775. The number of rotatable bonds is 2. The van der Waals surface area contributed by atoms with Crippen molar-refractivity contribution in [2.75, 3.05) is 0 Å². The predicted molar refractivity (Wildman–Crippen MR) is 56.3 cm³/mol. The van der Waals surface area contributed by atoms with Gasteiger partial charge in [-0.2, -0.15) is 0 Å². The first-order valence-electron chi connectivity index (χ1n) is 3.65. The molecule has 0 spiro atoms. The van der Waals surface area contributed by atoms with Gasteiger partial charge in [-0.05, 0) is 18.1 Å². The summed E-state index contributed by atoms with van der Waals surface area (Å²) in [4.78, 5) is 3.89. The number of hydrogen-bond acceptors (Lipinski definition) is 1. The van der Waals surface area contributed by atoms with Gasteiger partial charge in [-0.3, -0.25) is 0 Å². The monoisotopic (exact) mass is 285 g/mol. The van der Waals surface area contributed by atoms with Gasteiger partial charge in [0.2, 0.25) is 0 Å². The van der Waals surface area contributed by atoms with E-state index in [1.54, 1.807) is 0 Å². The summed E-state index contributed by atoms with van der Waals surface area (Å²) in [5.74, 6) is -0.533. The molecular weight excluding hydrogens is 280 g/mol. The van der Waals surface area contributed by atoms with Crippen molar-refractivity contribution in [3.63, 3.8) is 0 Å². The van der Waals surface area contributed by atoms with Crippen molar-refractivity contribution in [3.05, 3.63) is 27.8 Å². The van der Waals surface area contributed by atoms with E-state index >= 15 is 0 Å². The smallest absolute Gasteiger partial charge is 0.166 e. The summed E-state index contributed by atoms with van der Waals surface area (Å²) in [5.41, 5.74) is 0.660. The van der Waals surface area contributed by atoms with Crippen LogP contribution in [-0.4, -0.2) is 9.81 Å². The summed E-state index contributed by atoms with van der Waals surface area (Å²) < 4.78 is 12.9. The van der Waals surface area contributed by atoms with Crippen LogP contribution in [0.2, 0.25) is 10.3 Å². The van der Waals surface area contributed by atoms with Crippen LogP contribution >= 0.6 is 39.1 Å². The molecule has 0 aliphatic heterocycles. The van der Waals surface area contributed by atoms with Crippen molar-refractivity contribution in [1.29, 1.82) is 0 Å². The molecule has 13 heavy (non-hydrogen) atoms. The Bertz CT molecular complexity index is 317. The third kappa shape index (κ3) is 3.08. The Kier molecular flexibility index (Phi) is 3.95. The van der Waals surface area contributed by atoms with Crippen LogP contribution in [0.15, 0.2) is 6.07 Å². The Morgan fingerprint density at radius 1 is 1.54 bits per heavy atom. The van der Waals surface area contributed by atoms with Crippen LogP contribution in [0.3, 0.4) is 0 Å². The standard InChI is InChI=1S/C8H7BrCl2FN/c1-4(9)2-5-3-6(12)8(11)13-7(5)10/h3-4H,2H2,1H3. The minimum absolute atomic E-state index is 0.184. The van der Waals surface area contributed by atoms with Crippen molar-refractivity contribution < 1.29 is 4.39 Å². The lowest BCUT2D eigenvalue weighted by Crippen LogP contribution is -2.00. The van der Waals surface area contributed by atoms with Gasteiger partial charge >= 0.3 is 0 Å². The molecule has 0 aliphatic carbocycles. The first kappa shape index (κ1) is 11.2. The number of pyridine rings is 1. The van der Waals surface area contributed by atoms with Crippen LogP contribution < -0.4 is 0 Å². The maximum Gasteiger partial charge on any atom is 0.166 e. The molecule has 0 fully saturated rings. The second kappa shape index (κ2) is 4.58. The Labute approximate surface area is 94.4 Å². The first-order valence-corrected chi connectivity index (χ1v) is 5.32. The molecule has 1 aromatic rings. The lowest BCUT2D eigenvalue weighted by Gasteiger charge is -2.05. The van der Waals surface area contributed by atoms with Crippen molar-refractivity contribution in [1.82, 2.24) is 4.98 Å². The van der Waals surface area contributed by atoms with Crippen LogP contribution in [0.4, 0.5) is 4.39 Å². The summed E-state index contributed by atoms with van der Waals surface area (Å²) in [6.45, 7) is 1.95. The number of nitrogens with zero attached hydrogens (tertiary/aromatic N) is 1. The van der Waals surface area contributed by atoms with E-state index in [0.717, 1.165) is 0 Å². The van der Waals surface area contributed by atoms with Gasteiger partial charge in [0, 0.05) is 4.83 Å². The Morgan fingerprint density at radius 2 is 2.15 bits per heavy atom. The van der Waals surface area contributed by atoms with E-state index in [4.69, 9.17) is 23.2 Å². The van der Waals surface area contributed by atoms with Crippen LogP contribution in [0, 0.1) is 5.82 Å². The van der Waals surface area contributed by atoms with Crippen molar-refractivity contribution in [2.24, 2.45) is 0 Å². The lowest BCUT2D eigenvalue weighted by atomic mass is 10.2. The molecule has 5 heteroatoms. The highest BCUT2D eigenvalue weighted by Crippen LogP contribution is 2.22. The number of halogens is 4.